The number of ether oxygens (including phenoxy) is 2. The van der Waals surface area contributed by atoms with Crippen LogP contribution in [0.3, 0.4) is 0 Å². The number of nitrogens with zero attached hydrogens (tertiary/aromatic N) is 3. The van der Waals surface area contributed by atoms with Gasteiger partial charge in [0.05, 0.1) is 0 Å². The second kappa shape index (κ2) is 9.11. The topological polar surface area (TPSA) is 94.8 Å². The summed E-state index contributed by atoms with van der Waals surface area (Å²) < 4.78 is 28.3. The summed E-state index contributed by atoms with van der Waals surface area (Å²) in [4.78, 5) is 29.4. The third-order valence-electron chi connectivity index (χ3n) is 4.04. The summed E-state index contributed by atoms with van der Waals surface area (Å²) >= 11 is 0. The Hall–Kier alpha value is -2.97. The third kappa shape index (κ3) is 5.77. The first-order valence-corrected chi connectivity index (χ1v) is 8.73. The van der Waals surface area contributed by atoms with Gasteiger partial charge in [-0.15, -0.1) is 0 Å². The molecule has 0 bridgehead atoms. The van der Waals surface area contributed by atoms with Gasteiger partial charge in [-0.25, -0.2) is 4.39 Å². The largest absolute Gasteiger partial charge is 0.485 e. The number of hydrogen-bond donors (Lipinski definition) is 0. The van der Waals surface area contributed by atoms with E-state index in [2.05, 4.69) is 10.1 Å². The number of hydrogen-bond acceptors (Lipinski definition) is 7. The zero-order chi connectivity index (χ0) is 19.1. The van der Waals surface area contributed by atoms with E-state index in [0.29, 0.717) is 18.7 Å². The van der Waals surface area contributed by atoms with E-state index < -0.39 is 5.97 Å². The average molecular weight is 377 g/mol. The molecular weight excluding hydrogens is 357 g/mol. The molecule has 9 heteroatoms. The van der Waals surface area contributed by atoms with E-state index in [1.54, 1.807) is 0 Å². The van der Waals surface area contributed by atoms with Crippen molar-refractivity contribution < 1.29 is 28.0 Å². The van der Waals surface area contributed by atoms with E-state index in [4.69, 9.17) is 14.0 Å². The first-order valence-electron chi connectivity index (χ1n) is 8.73. The van der Waals surface area contributed by atoms with Gasteiger partial charge in [0.2, 0.25) is 11.7 Å². The minimum absolute atomic E-state index is 0.0255. The van der Waals surface area contributed by atoms with Crippen LogP contribution in [0.1, 0.15) is 37.4 Å². The Bertz CT molecular complexity index is 778. The standard InChI is InChI=1S/C18H20FN3O5/c19-13-5-7-14(8-6-13)25-11-15-20-16(27-21-15)12-26-18(24)10-22-9-3-1-2-4-17(22)23/h5-8H,1-4,9-12H2. The van der Waals surface area contributed by atoms with Gasteiger partial charge in [-0.1, -0.05) is 11.6 Å². The highest BCUT2D eigenvalue weighted by Crippen LogP contribution is 2.13. The van der Waals surface area contributed by atoms with Crippen molar-refractivity contribution in [2.24, 2.45) is 0 Å². The van der Waals surface area contributed by atoms with Crippen molar-refractivity contribution in [3.05, 3.63) is 41.8 Å². The molecular formula is C18H20FN3O5. The van der Waals surface area contributed by atoms with Crippen molar-refractivity contribution in [2.75, 3.05) is 13.1 Å². The lowest BCUT2D eigenvalue weighted by molar-refractivity contribution is -0.150. The Balaban J connectivity index is 1.42. The van der Waals surface area contributed by atoms with Crippen molar-refractivity contribution in [1.29, 1.82) is 0 Å². The molecule has 0 spiro atoms. The molecule has 3 rings (SSSR count). The lowest BCUT2D eigenvalue weighted by Gasteiger charge is -2.18. The van der Waals surface area contributed by atoms with Gasteiger partial charge in [0.1, 0.15) is 18.1 Å². The molecule has 0 radical (unpaired) electrons. The highest BCUT2D eigenvalue weighted by atomic mass is 19.1. The zero-order valence-corrected chi connectivity index (χ0v) is 14.7. The first-order chi connectivity index (χ1) is 13.1. The predicted octanol–water partition coefficient (Wildman–Crippen LogP) is 2.23. The Morgan fingerprint density at radius 2 is 2.00 bits per heavy atom. The fourth-order valence-corrected chi connectivity index (χ4v) is 2.64. The molecule has 1 fully saturated rings. The predicted molar refractivity (Wildman–Crippen MR) is 89.9 cm³/mol. The molecule has 0 N–H and O–H groups in total. The molecule has 2 aromatic rings. The van der Waals surface area contributed by atoms with E-state index in [9.17, 15) is 14.0 Å². The van der Waals surface area contributed by atoms with Gasteiger partial charge in [-0.2, -0.15) is 4.98 Å². The molecule has 27 heavy (non-hydrogen) atoms. The molecule has 0 atom stereocenters. The maximum absolute atomic E-state index is 12.8. The number of amides is 1. The number of benzene rings is 1. The second-order valence-corrected chi connectivity index (χ2v) is 6.13. The van der Waals surface area contributed by atoms with Crippen LogP contribution in [0.2, 0.25) is 0 Å². The maximum atomic E-state index is 12.8. The summed E-state index contributed by atoms with van der Waals surface area (Å²) in [6.07, 6.45) is 3.20. The van der Waals surface area contributed by atoms with Crippen molar-refractivity contribution >= 4 is 11.9 Å². The fraction of sp³-hybridized carbons (Fsp3) is 0.444. The molecule has 1 aromatic carbocycles. The van der Waals surface area contributed by atoms with Crippen LogP contribution in [0, 0.1) is 5.82 Å². The molecule has 1 saturated heterocycles. The molecule has 1 aliphatic rings. The first kappa shape index (κ1) is 18.8. The fourth-order valence-electron chi connectivity index (χ4n) is 2.64. The van der Waals surface area contributed by atoms with Crippen molar-refractivity contribution in [3.63, 3.8) is 0 Å². The molecule has 1 aliphatic heterocycles. The van der Waals surface area contributed by atoms with Gasteiger partial charge in [0.15, 0.2) is 13.2 Å². The van der Waals surface area contributed by atoms with E-state index in [1.807, 2.05) is 0 Å². The molecule has 1 amide bonds. The molecule has 1 aromatic heterocycles. The average Bonchev–Trinajstić information content (AvgIpc) is 3.03. The van der Waals surface area contributed by atoms with Crippen LogP contribution >= 0.6 is 0 Å². The molecule has 0 aliphatic carbocycles. The van der Waals surface area contributed by atoms with Crippen molar-refractivity contribution in [1.82, 2.24) is 15.0 Å². The highest BCUT2D eigenvalue weighted by Gasteiger charge is 2.20. The number of likely N-dealkylation sites (tertiary alicyclic amines) is 1. The molecule has 0 unspecified atom stereocenters. The summed E-state index contributed by atoms with van der Waals surface area (Å²) in [7, 11) is 0. The van der Waals surface area contributed by atoms with Crippen LogP contribution < -0.4 is 4.74 Å². The summed E-state index contributed by atoms with van der Waals surface area (Å²) in [6, 6.07) is 5.54. The minimum atomic E-state index is -0.521. The summed E-state index contributed by atoms with van der Waals surface area (Å²) in [5, 5.41) is 3.73. The molecule has 0 saturated carbocycles. The van der Waals surface area contributed by atoms with E-state index in [-0.39, 0.29) is 43.2 Å². The number of esters is 1. The Labute approximate surface area is 155 Å². The van der Waals surface area contributed by atoms with Gasteiger partial charge < -0.3 is 18.9 Å². The number of carbonyl (C=O) groups excluding carboxylic acids is 2. The quantitative estimate of drug-likeness (QED) is 0.683. The number of carbonyl (C=O) groups is 2. The Morgan fingerprint density at radius 3 is 2.81 bits per heavy atom. The molecule has 2 heterocycles. The monoisotopic (exact) mass is 377 g/mol. The van der Waals surface area contributed by atoms with Gasteiger partial charge in [-0.05, 0) is 37.1 Å². The smallest absolute Gasteiger partial charge is 0.326 e. The van der Waals surface area contributed by atoms with Crippen LogP contribution in [0.15, 0.2) is 28.8 Å². The van der Waals surface area contributed by atoms with Crippen LogP contribution in [0.25, 0.3) is 0 Å². The zero-order valence-electron chi connectivity index (χ0n) is 14.7. The van der Waals surface area contributed by atoms with Crippen LogP contribution in [-0.2, 0) is 27.5 Å². The lowest BCUT2D eigenvalue weighted by Crippen LogP contribution is -2.35. The van der Waals surface area contributed by atoms with Crippen LogP contribution in [-0.4, -0.2) is 40.0 Å². The van der Waals surface area contributed by atoms with Crippen molar-refractivity contribution in [3.8, 4) is 5.75 Å². The number of rotatable bonds is 7. The maximum Gasteiger partial charge on any atom is 0.326 e. The van der Waals surface area contributed by atoms with Crippen LogP contribution in [0.5, 0.6) is 5.75 Å². The van der Waals surface area contributed by atoms with Crippen molar-refractivity contribution in [2.45, 2.75) is 38.9 Å². The van der Waals surface area contributed by atoms with Gasteiger partial charge >= 0.3 is 5.97 Å². The molecule has 144 valence electrons. The Kier molecular flexibility index (Phi) is 6.35. The second-order valence-electron chi connectivity index (χ2n) is 6.13. The normalized spacial score (nSPS) is 14.7. The highest BCUT2D eigenvalue weighted by molar-refractivity contribution is 5.82. The summed E-state index contributed by atoms with van der Waals surface area (Å²) in [6.45, 7) is 0.350. The third-order valence-corrected chi connectivity index (χ3v) is 4.04. The van der Waals surface area contributed by atoms with E-state index >= 15 is 0 Å². The van der Waals surface area contributed by atoms with Gasteiger partial charge in [0.25, 0.3) is 5.89 Å². The number of halogens is 1. The van der Waals surface area contributed by atoms with E-state index in [1.165, 1.54) is 29.2 Å². The minimum Gasteiger partial charge on any atom is -0.485 e. The Morgan fingerprint density at radius 1 is 1.19 bits per heavy atom. The van der Waals surface area contributed by atoms with Crippen LogP contribution in [0.4, 0.5) is 4.39 Å². The van der Waals surface area contributed by atoms with Gasteiger partial charge in [-0.3, -0.25) is 9.59 Å². The molecule has 8 nitrogen and oxygen atoms in total. The lowest BCUT2D eigenvalue weighted by atomic mass is 10.2. The summed E-state index contributed by atoms with van der Waals surface area (Å²) in [5.41, 5.74) is 0. The van der Waals surface area contributed by atoms with E-state index in [0.717, 1.165) is 19.3 Å². The van der Waals surface area contributed by atoms with Gasteiger partial charge in [0, 0.05) is 13.0 Å². The summed E-state index contributed by atoms with van der Waals surface area (Å²) in [5.74, 6) is -0.0319. The SMILES string of the molecule is O=C(CN1CCCCCC1=O)OCc1nc(COc2ccc(F)cc2)no1. The number of aromatic nitrogens is 2.